The zero-order valence-corrected chi connectivity index (χ0v) is 19.4. The Hall–Kier alpha value is -3.25. The van der Waals surface area contributed by atoms with Crippen LogP contribution in [0.3, 0.4) is 0 Å². The number of ether oxygens (including phenoxy) is 1. The van der Waals surface area contributed by atoms with E-state index < -0.39 is 17.9 Å². The van der Waals surface area contributed by atoms with Gasteiger partial charge in [-0.15, -0.1) is 0 Å². The molecule has 0 aromatic heterocycles. The first-order valence-corrected chi connectivity index (χ1v) is 12.1. The van der Waals surface area contributed by atoms with Gasteiger partial charge in [-0.05, 0) is 44.4 Å². The van der Waals surface area contributed by atoms with E-state index >= 15 is 0 Å². The fraction of sp³-hybridized carbons (Fsp3) is 0.393. The normalized spacial score (nSPS) is 29.7. The highest BCUT2D eigenvalue weighted by molar-refractivity contribution is 6.14. The lowest BCUT2D eigenvalue weighted by Gasteiger charge is -2.38. The van der Waals surface area contributed by atoms with E-state index in [-0.39, 0.29) is 36.3 Å². The van der Waals surface area contributed by atoms with Gasteiger partial charge in [-0.2, -0.15) is 0 Å². The fourth-order valence-electron chi connectivity index (χ4n) is 6.26. The van der Waals surface area contributed by atoms with E-state index in [0.717, 1.165) is 35.2 Å². The number of allylic oxidation sites excluding steroid dienone is 1. The van der Waals surface area contributed by atoms with Gasteiger partial charge < -0.3 is 9.64 Å². The van der Waals surface area contributed by atoms with Crippen LogP contribution in [0.5, 0.6) is 0 Å². The lowest BCUT2D eigenvalue weighted by molar-refractivity contribution is -0.142. The lowest BCUT2D eigenvalue weighted by Crippen LogP contribution is -2.49. The Morgan fingerprint density at radius 2 is 1.79 bits per heavy atom. The number of fused-ring (bicyclic) bond motifs is 5. The number of carbonyl (C=O) groups is 3. The predicted molar refractivity (Wildman–Crippen MR) is 128 cm³/mol. The number of rotatable bonds is 4. The highest BCUT2D eigenvalue weighted by atomic mass is 16.5. The fourth-order valence-corrected chi connectivity index (χ4v) is 6.26. The molecule has 2 aromatic rings. The number of benzene rings is 2. The average Bonchev–Trinajstić information content (AvgIpc) is 3.53. The molecule has 6 nitrogen and oxygen atoms in total. The number of aryl methyl sites for hydroxylation is 1. The van der Waals surface area contributed by atoms with Gasteiger partial charge in [0.15, 0.2) is 5.78 Å². The molecule has 2 amide bonds. The summed E-state index contributed by atoms with van der Waals surface area (Å²) in [5.41, 5.74) is 4.74. The first-order valence-electron chi connectivity index (χ1n) is 12.1. The van der Waals surface area contributed by atoms with Crippen LogP contribution >= 0.6 is 0 Å². The van der Waals surface area contributed by atoms with Gasteiger partial charge in [0.05, 0.1) is 30.5 Å². The minimum absolute atomic E-state index is 0.113. The summed E-state index contributed by atoms with van der Waals surface area (Å²) >= 11 is 0. The summed E-state index contributed by atoms with van der Waals surface area (Å²) < 4.78 is 5.72. The third-order valence-electron chi connectivity index (χ3n) is 7.83. The number of anilines is 1. The van der Waals surface area contributed by atoms with Crippen molar-refractivity contribution < 1.29 is 19.1 Å². The minimum Gasteiger partial charge on any atom is -0.376 e. The molecule has 0 N–H and O–H groups in total. The van der Waals surface area contributed by atoms with Crippen LogP contribution in [0.15, 0.2) is 54.6 Å². The number of amides is 2. The number of ketones is 1. The van der Waals surface area contributed by atoms with Crippen molar-refractivity contribution in [3.05, 3.63) is 71.3 Å². The van der Waals surface area contributed by atoms with E-state index in [1.165, 1.54) is 4.90 Å². The molecule has 174 valence electrons. The van der Waals surface area contributed by atoms with Crippen molar-refractivity contribution in [3.8, 4) is 0 Å². The van der Waals surface area contributed by atoms with Gasteiger partial charge in [-0.1, -0.05) is 48.0 Å². The van der Waals surface area contributed by atoms with E-state index in [2.05, 4.69) is 12.1 Å². The van der Waals surface area contributed by atoms with E-state index in [1.807, 2.05) is 49.1 Å². The van der Waals surface area contributed by atoms with E-state index in [1.54, 1.807) is 12.1 Å². The summed E-state index contributed by atoms with van der Waals surface area (Å²) in [6.07, 6.45) is 3.76. The van der Waals surface area contributed by atoms with Crippen molar-refractivity contribution in [2.24, 2.45) is 11.8 Å². The second-order valence-corrected chi connectivity index (χ2v) is 9.92. The molecule has 2 aromatic carbocycles. The lowest BCUT2D eigenvalue weighted by atomic mass is 9.85. The van der Waals surface area contributed by atoms with Crippen LogP contribution in [0.2, 0.25) is 0 Å². The van der Waals surface area contributed by atoms with Crippen molar-refractivity contribution in [2.45, 2.75) is 44.9 Å². The number of imide groups is 1. The SMILES string of the molecule is CC1=C[C@@H]2[C@H]3C(=O)N(C[C@@H]4CCCO4)C(=O)[C@@H]3[C@H](C(=O)c3ccccc3)N2c2ccc(C)cc21. The van der Waals surface area contributed by atoms with E-state index in [4.69, 9.17) is 4.74 Å². The number of carbonyl (C=O) groups excluding carboxylic acids is 3. The molecule has 4 aliphatic rings. The predicted octanol–water partition coefficient (Wildman–Crippen LogP) is 3.63. The molecule has 0 unspecified atom stereocenters. The Morgan fingerprint density at radius 1 is 1.03 bits per heavy atom. The molecule has 6 rings (SSSR count). The van der Waals surface area contributed by atoms with Crippen LogP contribution in [0.25, 0.3) is 5.57 Å². The van der Waals surface area contributed by atoms with Crippen molar-refractivity contribution in [1.29, 1.82) is 0 Å². The number of hydrogen-bond acceptors (Lipinski definition) is 5. The molecule has 0 radical (unpaired) electrons. The van der Waals surface area contributed by atoms with Gasteiger partial charge >= 0.3 is 0 Å². The number of likely N-dealkylation sites (tertiary alicyclic amines) is 1. The molecule has 3 fully saturated rings. The van der Waals surface area contributed by atoms with Crippen LogP contribution in [-0.4, -0.2) is 53.8 Å². The maximum Gasteiger partial charge on any atom is 0.235 e. The van der Waals surface area contributed by atoms with Gasteiger partial charge in [0.25, 0.3) is 0 Å². The smallest absolute Gasteiger partial charge is 0.235 e. The Morgan fingerprint density at radius 3 is 2.53 bits per heavy atom. The maximum atomic E-state index is 13.9. The third kappa shape index (κ3) is 3.08. The Labute approximate surface area is 199 Å². The standard InChI is InChI=1S/C28H28N2O4/c1-16-10-11-21-20(13-16)17(2)14-22-23-24(25(30(21)22)26(31)18-7-4-3-5-8-18)28(33)29(27(23)32)15-19-9-6-12-34-19/h3-5,7-8,10-11,13-14,19,22-25H,6,9,12,15H2,1-2H3/t19-,22+,23+,24-,25+/m0/s1. The molecule has 0 saturated carbocycles. The molecular formula is C28H28N2O4. The van der Waals surface area contributed by atoms with Crippen LogP contribution in [0.1, 0.15) is 41.3 Å². The van der Waals surface area contributed by atoms with Crippen molar-refractivity contribution >= 4 is 28.9 Å². The summed E-state index contributed by atoms with van der Waals surface area (Å²) in [6, 6.07) is 14.2. The van der Waals surface area contributed by atoms with Gasteiger partial charge in [-0.25, -0.2) is 0 Å². The number of hydrogen-bond donors (Lipinski definition) is 0. The van der Waals surface area contributed by atoms with Crippen LogP contribution < -0.4 is 4.90 Å². The molecule has 4 aliphatic heterocycles. The molecule has 0 spiro atoms. The molecule has 4 heterocycles. The van der Waals surface area contributed by atoms with Gasteiger partial charge in [-0.3, -0.25) is 19.3 Å². The summed E-state index contributed by atoms with van der Waals surface area (Å²) in [5.74, 6) is -1.81. The van der Waals surface area contributed by atoms with Crippen molar-refractivity contribution in [3.63, 3.8) is 0 Å². The summed E-state index contributed by atoms with van der Waals surface area (Å²) in [7, 11) is 0. The molecule has 6 heteroatoms. The quantitative estimate of drug-likeness (QED) is 0.519. The highest BCUT2D eigenvalue weighted by Gasteiger charge is 2.64. The van der Waals surface area contributed by atoms with Crippen molar-refractivity contribution in [1.82, 2.24) is 4.90 Å². The summed E-state index contributed by atoms with van der Waals surface area (Å²) in [6.45, 7) is 5.03. The molecule has 3 saturated heterocycles. The van der Waals surface area contributed by atoms with Crippen LogP contribution in [0.4, 0.5) is 5.69 Å². The van der Waals surface area contributed by atoms with E-state index in [9.17, 15) is 14.4 Å². The molecule has 0 aliphatic carbocycles. The summed E-state index contributed by atoms with van der Waals surface area (Å²) in [5, 5.41) is 0. The Kier molecular flexibility index (Phi) is 4.96. The Bertz CT molecular complexity index is 1210. The van der Waals surface area contributed by atoms with Gasteiger partial charge in [0.2, 0.25) is 11.8 Å². The first kappa shape index (κ1) is 21.3. The second kappa shape index (κ2) is 7.91. The van der Waals surface area contributed by atoms with Crippen molar-refractivity contribution in [2.75, 3.05) is 18.1 Å². The number of nitrogens with zero attached hydrogens (tertiary/aromatic N) is 2. The zero-order valence-electron chi connectivity index (χ0n) is 19.4. The molecule has 0 bridgehead atoms. The third-order valence-corrected chi connectivity index (χ3v) is 7.83. The minimum atomic E-state index is -0.728. The van der Waals surface area contributed by atoms with Gasteiger partial charge in [0.1, 0.15) is 6.04 Å². The molecule has 34 heavy (non-hydrogen) atoms. The summed E-state index contributed by atoms with van der Waals surface area (Å²) in [4.78, 5) is 44.8. The second-order valence-electron chi connectivity index (χ2n) is 9.92. The van der Waals surface area contributed by atoms with Gasteiger partial charge in [0, 0.05) is 23.4 Å². The van der Waals surface area contributed by atoms with E-state index in [0.29, 0.717) is 12.2 Å². The van der Waals surface area contributed by atoms with Crippen LogP contribution in [-0.2, 0) is 14.3 Å². The molecular weight excluding hydrogens is 428 g/mol. The van der Waals surface area contributed by atoms with Crippen LogP contribution in [0, 0.1) is 18.8 Å². The first-order chi connectivity index (χ1) is 16.5. The Balaban J connectivity index is 1.46. The largest absolute Gasteiger partial charge is 0.376 e. The molecule has 5 atom stereocenters. The monoisotopic (exact) mass is 456 g/mol. The maximum absolute atomic E-state index is 13.9. The zero-order chi connectivity index (χ0) is 23.6. The highest BCUT2D eigenvalue weighted by Crippen LogP contribution is 2.50. The average molecular weight is 457 g/mol. The number of Topliss-reactive ketones (excluding diaryl/α,β-unsaturated/α-hetero) is 1. The topological polar surface area (TPSA) is 66.9 Å².